The third-order valence-corrected chi connectivity index (χ3v) is 14.6. The quantitative estimate of drug-likeness (QED) is 0.0373. The topological polar surface area (TPSA) is 72.8 Å². The van der Waals surface area contributed by atoms with Gasteiger partial charge >= 0.3 is 11.9 Å². The number of carbonyl (C=O) groups is 2. The van der Waals surface area contributed by atoms with Gasteiger partial charge in [0.1, 0.15) is 6.61 Å². The number of allylic oxidation sites excluding steroid dienone is 8. The van der Waals surface area contributed by atoms with Crippen LogP contribution in [-0.4, -0.2) is 36.4 Å². The van der Waals surface area contributed by atoms with Crippen molar-refractivity contribution in [2.75, 3.05) is 13.2 Å². The Morgan fingerprint density at radius 3 is 0.847 bits per heavy atom. The summed E-state index contributed by atoms with van der Waals surface area (Å²) in [4.78, 5) is 24.5. The molecule has 0 amide bonds. The minimum atomic E-state index is -0.773. The molecule has 5 nitrogen and oxygen atoms in total. The molecule has 0 spiro atoms. The number of rotatable bonds is 60. The molecule has 0 aromatic heterocycles. The van der Waals surface area contributed by atoms with Crippen LogP contribution in [0.3, 0.4) is 0 Å². The van der Waals surface area contributed by atoms with Gasteiger partial charge in [-0.05, 0) is 77.0 Å². The van der Waals surface area contributed by atoms with Crippen LogP contribution >= 0.6 is 0 Å². The van der Waals surface area contributed by atoms with Crippen molar-refractivity contribution in [3.05, 3.63) is 48.6 Å². The van der Waals surface area contributed by atoms with Crippen LogP contribution in [0.4, 0.5) is 0 Å². The van der Waals surface area contributed by atoms with Crippen LogP contribution in [-0.2, 0) is 19.1 Å². The third kappa shape index (κ3) is 60.4. The van der Waals surface area contributed by atoms with Gasteiger partial charge in [-0.3, -0.25) is 9.59 Å². The Hall–Kier alpha value is -2.14. The van der Waals surface area contributed by atoms with Gasteiger partial charge in [-0.25, -0.2) is 0 Å². The molecule has 1 N–H and O–H groups in total. The molecule has 422 valence electrons. The zero-order valence-corrected chi connectivity index (χ0v) is 48.5. The highest BCUT2D eigenvalue weighted by Crippen LogP contribution is 2.18. The molecule has 1 unspecified atom stereocenters. The second kappa shape index (κ2) is 63.2. The molecular formula is C67H124O5. The average Bonchev–Trinajstić information content (AvgIpc) is 3.38. The lowest BCUT2D eigenvalue weighted by Crippen LogP contribution is -2.28. The summed E-state index contributed by atoms with van der Waals surface area (Å²) >= 11 is 0. The maximum atomic E-state index is 12.3. The molecule has 0 rings (SSSR count). The van der Waals surface area contributed by atoms with Gasteiger partial charge in [-0.2, -0.15) is 0 Å². The number of hydrogen-bond acceptors (Lipinski definition) is 5. The van der Waals surface area contributed by atoms with E-state index in [0.29, 0.717) is 12.8 Å². The highest BCUT2D eigenvalue weighted by Gasteiger charge is 2.16. The van der Waals surface area contributed by atoms with E-state index >= 15 is 0 Å². The monoisotopic (exact) mass is 1010 g/mol. The molecule has 0 aliphatic rings. The summed E-state index contributed by atoms with van der Waals surface area (Å²) in [5, 5.41) is 9.67. The van der Waals surface area contributed by atoms with E-state index in [2.05, 4.69) is 62.5 Å². The first-order valence-electron chi connectivity index (χ1n) is 32.2. The largest absolute Gasteiger partial charge is 0.462 e. The van der Waals surface area contributed by atoms with Crippen LogP contribution in [0.5, 0.6) is 0 Å². The van der Waals surface area contributed by atoms with Crippen molar-refractivity contribution in [1.82, 2.24) is 0 Å². The van der Waals surface area contributed by atoms with E-state index in [9.17, 15) is 14.7 Å². The Morgan fingerprint density at radius 1 is 0.319 bits per heavy atom. The molecule has 0 heterocycles. The molecule has 0 aromatic rings. The maximum absolute atomic E-state index is 12.3. The van der Waals surface area contributed by atoms with Gasteiger partial charge in [-0.15, -0.1) is 0 Å². The fraction of sp³-hybridized carbons (Fsp3) is 0.851. The Bertz CT molecular complexity index is 1190. The molecule has 0 aliphatic heterocycles. The van der Waals surface area contributed by atoms with Crippen molar-refractivity contribution in [2.45, 2.75) is 354 Å². The van der Waals surface area contributed by atoms with Crippen LogP contribution in [0.15, 0.2) is 48.6 Å². The van der Waals surface area contributed by atoms with E-state index < -0.39 is 6.10 Å². The summed E-state index contributed by atoms with van der Waals surface area (Å²) in [5.74, 6) is -0.579. The van der Waals surface area contributed by atoms with E-state index in [4.69, 9.17) is 9.47 Å². The highest BCUT2D eigenvalue weighted by molar-refractivity contribution is 5.70. The van der Waals surface area contributed by atoms with E-state index in [-0.39, 0.29) is 25.2 Å². The van der Waals surface area contributed by atoms with E-state index in [1.165, 1.54) is 270 Å². The second-order valence-electron chi connectivity index (χ2n) is 21.8. The van der Waals surface area contributed by atoms with Crippen LogP contribution in [0.1, 0.15) is 348 Å². The van der Waals surface area contributed by atoms with Crippen LogP contribution in [0, 0.1) is 0 Å². The number of ether oxygens (including phenoxy) is 2. The van der Waals surface area contributed by atoms with E-state index in [1.54, 1.807) is 0 Å². The molecular weight excluding hydrogens is 885 g/mol. The molecule has 0 aromatic carbocycles. The van der Waals surface area contributed by atoms with Crippen molar-refractivity contribution >= 4 is 11.9 Å². The van der Waals surface area contributed by atoms with Gasteiger partial charge in [-0.1, -0.05) is 306 Å². The summed E-state index contributed by atoms with van der Waals surface area (Å²) < 4.78 is 10.7. The molecule has 0 radical (unpaired) electrons. The van der Waals surface area contributed by atoms with Crippen LogP contribution < -0.4 is 0 Å². The summed E-state index contributed by atoms with van der Waals surface area (Å²) in [6, 6.07) is 0. The molecule has 5 heteroatoms. The minimum absolute atomic E-state index is 0.0643. The first kappa shape index (κ1) is 69.9. The first-order valence-corrected chi connectivity index (χ1v) is 32.2. The van der Waals surface area contributed by atoms with Crippen molar-refractivity contribution < 1.29 is 24.2 Å². The number of aliphatic hydroxyl groups is 1. The molecule has 0 bridgehead atoms. The number of aliphatic hydroxyl groups excluding tert-OH is 1. The van der Waals surface area contributed by atoms with Crippen molar-refractivity contribution in [3.63, 3.8) is 0 Å². The standard InChI is InChI=1S/C67H124O5/c1-3-5-7-9-11-13-15-17-19-21-23-24-25-26-27-28-29-30-31-32-33-34-35-36-37-38-39-40-41-42-44-46-48-50-52-54-56-58-60-62-67(70)72-65(63-68)64-71-66(69)61-59-57-55-53-51-49-47-45-43-22-20-18-16-14-12-10-8-6-4-2/h12,14-15,17-18,20-21,23,65,68H,3-11,13,16,19,22,24-64H2,1-2H3/b14-12-,17-15-,20-18-,23-21-. The zero-order chi connectivity index (χ0) is 52.0. The van der Waals surface area contributed by atoms with Crippen molar-refractivity contribution in [2.24, 2.45) is 0 Å². The van der Waals surface area contributed by atoms with Gasteiger partial charge < -0.3 is 14.6 Å². The number of carbonyl (C=O) groups excluding carboxylic acids is 2. The molecule has 1 atom stereocenters. The van der Waals surface area contributed by atoms with Gasteiger partial charge in [0.25, 0.3) is 0 Å². The lowest BCUT2D eigenvalue weighted by atomic mass is 10.0. The predicted molar refractivity (Wildman–Crippen MR) is 316 cm³/mol. The summed E-state index contributed by atoms with van der Waals surface area (Å²) in [6.07, 6.45) is 84.2. The Morgan fingerprint density at radius 2 is 0.556 bits per heavy atom. The minimum Gasteiger partial charge on any atom is -0.462 e. The van der Waals surface area contributed by atoms with E-state index in [0.717, 1.165) is 51.4 Å². The SMILES string of the molecule is CCCCC/C=C\C/C=C\CCCCCCCCCCCC(=O)OCC(CO)OC(=O)CCCCCCCCCCCCCCCCCCCCCCCCCCCCC/C=C\C/C=C\CCCCCCC. The van der Waals surface area contributed by atoms with Crippen molar-refractivity contribution in [1.29, 1.82) is 0 Å². The summed E-state index contributed by atoms with van der Waals surface area (Å²) in [5.41, 5.74) is 0. The van der Waals surface area contributed by atoms with Gasteiger partial charge in [0, 0.05) is 12.8 Å². The number of esters is 2. The normalized spacial score (nSPS) is 12.4. The summed E-state index contributed by atoms with van der Waals surface area (Å²) in [6.45, 7) is 4.14. The Labute approximate surface area is 449 Å². The zero-order valence-electron chi connectivity index (χ0n) is 48.5. The molecule has 0 aliphatic carbocycles. The molecule has 0 saturated heterocycles. The van der Waals surface area contributed by atoms with Crippen molar-refractivity contribution in [3.8, 4) is 0 Å². The van der Waals surface area contributed by atoms with Gasteiger partial charge in [0.2, 0.25) is 0 Å². The summed E-state index contributed by atoms with van der Waals surface area (Å²) in [7, 11) is 0. The maximum Gasteiger partial charge on any atom is 0.306 e. The fourth-order valence-electron chi connectivity index (χ4n) is 9.74. The van der Waals surface area contributed by atoms with E-state index in [1.807, 2.05) is 0 Å². The molecule has 0 saturated carbocycles. The second-order valence-corrected chi connectivity index (χ2v) is 21.8. The lowest BCUT2D eigenvalue weighted by Gasteiger charge is -2.15. The lowest BCUT2D eigenvalue weighted by molar-refractivity contribution is -0.161. The molecule has 0 fully saturated rings. The average molecular weight is 1010 g/mol. The molecule has 72 heavy (non-hydrogen) atoms. The predicted octanol–water partition coefficient (Wildman–Crippen LogP) is 22.0. The van der Waals surface area contributed by atoms with Gasteiger partial charge in [0.15, 0.2) is 6.10 Å². The third-order valence-electron chi connectivity index (χ3n) is 14.6. The fourth-order valence-corrected chi connectivity index (χ4v) is 9.74. The number of unbranched alkanes of at least 4 members (excludes halogenated alkanes) is 44. The van der Waals surface area contributed by atoms with Gasteiger partial charge in [0.05, 0.1) is 6.61 Å². The smallest absolute Gasteiger partial charge is 0.306 e. The Kier molecular flexibility index (Phi) is 61.3. The first-order chi connectivity index (χ1) is 35.6. The highest BCUT2D eigenvalue weighted by atomic mass is 16.6. The van der Waals surface area contributed by atoms with Crippen LogP contribution in [0.2, 0.25) is 0 Å². The van der Waals surface area contributed by atoms with Crippen LogP contribution in [0.25, 0.3) is 0 Å². The Balaban J connectivity index is 3.38. The number of hydrogen-bond donors (Lipinski definition) is 1.